The summed E-state index contributed by atoms with van der Waals surface area (Å²) < 4.78 is 15.1. The molecule has 0 fully saturated rings. The van der Waals surface area contributed by atoms with Crippen LogP contribution in [0.5, 0.6) is 0 Å². The number of nitrogens with one attached hydrogen (secondary N) is 1. The molecule has 3 rings (SSSR count). The zero-order chi connectivity index (χ0) is 13.9. The van der Waals surface area contributed by atoms with E-state index < -0.39 is 0 Å². The van der Waals surface area contributed by atoms with Crippen LogP contribution in [0.1, 0.15) is 11.4 Å². The number of pyridine rings is 1. The van der Waals surface area contributed by atoms with Crippen molar-refractivity contribution in [1.29, 1.82) is 0 Å². The highest BCUT2D eigenvalue weighted by molar-refractivity contribution is 6.30. The molecular formula is C14H12ClFN4. The zero-order valence-corrected chi connectivity index (χ0v) is 11.3. The van der Waals surface area contributed by atoms with E-state index in [0.29, 0.717) is 18.1 Å². The maximum Gasteiger partial charge on any atom is 0.160 e. The molecule has 0 aliphatic heterocycles. The van der Waals surface area contributed by atoms with Crippen molar-refractivity contribution in [2.45, 2.75) is 13.1 Å². The highest BCUT2D eigenvalue weighted by Gasteiger charge is 2.04. The Balaban J connectivity index is 1.68. The van der Waals surface area contributed by atoms with Gasteiger partial charge in [-0.1, -0.05) is 17.7 Å². The summed E-state index contributed by atoms with van der Waals surface area (Å²) in [6.45, 7) is 1.05. The summed E-state index contributed by atoms with van der Waals surface area (Å²) in [5, 5.41) is 11.8. The maximum atomic E-state index is 13.2. The van der Waals surface area contributed by atoms with Crippen molar-refractivity contribution < 1.29 is 4.39 Å². The summed E-state index contributed by atoms with van der Waals surface area (Å²) in [5.41, 5.74) is 1.60. The SMILES string of the molecule is Fc1cc(Cl)cc(CNCc2nnc3ccccn23)c1. The Morgan fingerprint density at radius 1 is 1.15 bits per heavy atom. The molecule has 0 unspecified atom stereocenters. The fraction of sp³-hybridized carbons (Fsp3) is 0.143. The second-order valence-electron chi connectivity index (χ2n) is 4.43. The van der Waals surface area contributed by atoms with E-state index in [2.05, 4.69) is 15.5 Å². The van der Waals surface area contributed by atoms with E-state index in [4.69, 9.17) is 11.6 Å². The quantitative estimate of drug-likeness (QED) is 0.803. The molecule has 102 valence electrons. The molecule has 0 saturated heterocycles. The fourth-order valence-corrected chi connectivity index (χ4v) is 2.29. The first-order valence-corrected chi connectivity index (χ1v) is 6.54. The molecule has 4 nitrogen and oxygen atoms in total. The van der Waals surface area contributed by atoms with E-state index in [1.165, 1.54) is 12.1 Å². The van der Waals surface area contributed by atoms with Gasteiger partial charge in [-0.3, -0.25) is 4.40 Å². The van der Waals surface area contributed by atoms with Gasteiger partial charge in [-0.05, 0) is 35.9 Å². The Bertz CT molecular complexity index is 721. The number of benzene rings is 1. The van der Waals surface area contributed by atoms with E-state index in [1.807, 2.05) is 28.8 Å². The molecule has 0 bridgehead atoms. The van der Waals surface area contributed by atoms with Gasteiger partial charge in [-0.2, -0.15) is 0 Å². The van der Waals surface area contributed by atoms with Crippen LogP contribution in [-0.2, 0) is 13.1 Å². The molecule has 0 spiro atoms. The van der Waals surface area contributed by atoms with Gasteiger partial charge < -0.3 is 5.32 Å². The minimum atomic E-state index is -0.331. The number of fused-ring (bicyclic) bond motifs is 1. The van der Waals surface area contributed by atoms with Crippen LogP contribution in [0.4, 0.5) is 4.39 Å². The van der Waals surface area contributed by atoms with Gasteiger partial charge in [0.2, 0.25) is 0 Å². The van der Waals surface area contributed by atoms with Crippen molar-refractivity contribution >= 4 is 17.2 Å². The molecule has 0 saturated carbocycles. The lowest BCUT2D eigenvalue weighted by molar-refractivity contribution is 0.616. The molecule has 2 aromatic heterocycles. The Labute approximate surface area is 120 Å². The Kier molecular flexibility index (Phi) is 3.62. The number of hydrogen-bond acceptors (Lipinski definition) is 3. The van der Waals surface area contributed by atoms with Gasteiger partial charge in [0.15, 0.2) is 11.5 Å². The van der Waals surface area contributed by atoms with Crippen molar-refractivity contribution in [3.63, 3.8) is 0 Å². The second-order valence-corrected chi connectivity index (χ2v) is 4.86. The van der Waals surface area contributed by atoms with Gasteiger partial charge in [-0.25, -0.2) is 4.39 Å². The topological polar surface area (TPSA) is 42.2 Å². The molecular weight excluding hydrogens is 279 g/mol. The minimum absolute atomic E-state index is 0.331. The first-order valence-electron chi connectivity index (χ1n) is 6.17. The van der Waals surface area contributed by atoms with Crippen LogP contribution < -0.4 is 5.32 Å². The van der Waals surface area contributed by atoms with Crippen LogP contribution in [0, 0.1) is 5.82 Å². The Morgan fingerprint density at radius 3 is 2.90 bits per heavy atom. The third-order valence-corrected chi connectivity index (χ3v) is 3.14. The largest absolute Gasteiger partial charge is 0.306 e. The summed E-state index contributed by atoms with van der Waals surface area (Å²) in [5.74, 6) is 0.477. The van der Waals surface area contributed by atoms with Crippen molar-refractivity contribution in [3.05, 3.63) is 64.8 Å². The molecule has 0 amide bonds. The summed E-state index contributed by atoms with van der Waals surface area (Å²) in [6.07, 6.45) is 1.91. The number of hydrogen-bond donors (Lipinski definition) is 1. The standard InChI is InChI=1S/C14H12ClFN4/c15-11-5-10(6-12(16)7-11)8-17-9-14-19-18-13-3-1-2-4-20(13)14/h1-7,17H,8-9H2. The predicted octanol–water partition coefficient (Wildman–Crippen LogP) is 2.81. The summed E-state index contributed by atoms with van der Waals surface area (Å²) in [4.78, 5) is 0. The molecule has 0 aliphatic rings. The summed E-state index contributed by atoms with van der Waals surface area (Å²) >= 11 is 5.81. The first-order chi connectivity index (χ1) is 9.72. The van der Waals surface area contributed by atoms with Gasteiger partial charge in [0, 0.05) is 17.8 Å². The molecule has 3 aromatic rings. The van der Waals surface area contributed by atoms with Crippen molar-refractivity contribution in [1.82, 2.24) is 19.9 Å². The lowest BCUT2D eigenvalue weighted by Crippen LogP contribution is -2.15. The van der Waals surface area contributed by atoms with Gasteiger partial charge in [0.25, 0.3) is 0 Å². The van der Waals surface area contributed by atoms with E-state index in [-0.39, 0.29) is 5.82 Å². The molecule has 0 radical (unpaired) electrons. The van der Waals surface area contributed by atoms with Crippen LogP contribution in [0.25, 0.3) is 5.65 Å². The van der Waals surface area contributed by atoms with Crippen LogP contribution in [0.15, 0.2) is 42.6 Å². The Hall–Kier alpha value is -1.98. The smallest absolute Gasteiger partial charge is 0.160 e. The van der Waals surface area contributed by atoms with Crippen molar-refractivity contribution in [3.8, 4) is 0 Å². The second kappa shape index (κ2) is 5.56. The van der Waals surface area contributed by atoms with E-state index >= 15 is 0 Å². The molecule has 6 heteroatoms. The lowest BCUT2D eigenvalue weighted by atomic mass is 10.2. The number of halogens is 2. The average molecular weight is 291 g/mol. The molecule has 1 N–H and O–H groups in total. The number of rotatable bonds is 4. The molecule has 20 heavy (non-hydrogen) atoms. The lowest BCUT2D eigenvalue weighted by Gasteiger charge is -2.05. The molecule has 0 aliphatic carbocycles. The van der Waals surface area contributed by atoms with E-state index in [9.17, 15) is 4.39 Å². The maximum absolute atomic E-state index is 13.2. The normalized spacial score (nSPS) is 11.1. The highest BCUT2D eigenvalue weighted by Crippen LogP contribution is 2.14. The van der Waals surface area contributed by atoms with Gasteiger partial charge in [0.1, 0.15) is 5.82 Å². The molecule has 2 heterocycles. The van der Waals surface area contributed by atoms with Crippen LogP contribution in [-0.4, -0.2) is 14.6 Å². The van der Waals surface area contributed by atoms with E-state index in [0.717, 1.165) is 17.0 Å². The molecule has 1 aromatic carbocycles. The minimum Gasteiger partial charge on any atom is -0.306 e. The molecule has 0 atom stereocenters. The van der Waals surface area contributed by atoms with Gasteiger partial charge in [0.05, 0.1) is 6.54 Å². The monoisotopic (exact) mass is 290 g/mol. The third-order valence-electron chi connectivity index (χ3n) is 2.92. The van der Waals surface area contributed by atoms with E-state index in [1.54, 1.807) is 6.07 Å². The zero-order valence-electron chi connectivity index (χ0n) is 10.6. The van der Waals surface area contributed by atoms with Gasteiger partial charge >= 0.3 is 0 Å². The highest BCUT2D eigenvalue weighted by atomic mass is 35.5. The summed E-state index contributed by atoms with van der Waals surface area (Å²) in [6, 6.07) is 10.2. The average Bonchev–Trinajstić information content (AvgIpc) is 2.81. The van der Waals surface area contributed by atoms with Crippen LogP contribution in [0.2, 0.25) is 5.02 Å². The predicted molar refractivity (Wildman–Crippen MR) is 74.9 cm³/mol. The Morgan fingerprint density at radius 2 is 2.05 bits per heavy atom. The number of aromatic nitrogens is 3. The van der Waals surface area contributed by atoms with Crippen molar-refractivity contribution in [2.24, 2.45) is 0 Å². The number of nitrogens with zero attached hydrogens (tertiary/aromatic N) is 3. The first kappa shape index (κ1) is 13.0. The van der Waals surface area contributed by atoms with Crippen LogP contribution >= 0.6 is 11.6 Å². The summed E-state index contributed by atoms with van der Waals surface area (Å²) in [7, 11) is 0. The fourth-order valence-electron chi connectivity index (χ4n) is 2.04. The van der Waals surface area contributed by atoms with Crippen LogP contribution in [0.3, 0.4) is 0 Å². The van der Waals surface area contributed by atoms with Crippen molar-refractivity contribution in [2.75, 3.05) is 0 Å². The third kappa shape index (κ3) is 2.79. The van der Waals surface area contributed by atoms with Gasteiger partial charge in [-0.15, -0.1) is 10.2 Å².